The molecule has 8 heteroatoms. The van der Waals surface area contributed by atoms with Gasteiger partial charge in [-0.3, -0.25) is 4.79 Å². The van der Waals surface area contributed by atoms with Crippen molar-refractivity contribution in [2.75, 3.05) is 5.32 Å². The Morgan fingerprint density at radius 1 is 1.06 bits per heavy atom. The van der Waals surface area contributed by atoms with Crippen LogP contribution in [0.15, 0.2) is 24.5 Å². The molecule has 7 nitrogen and oxygen atoms in total. The summed E-state index contributed by atoms with van der Waals surface area (Å²) in [5, 5.41) is 6.27. The molecule has 0 atom stereocenters. The van der Waals surface area contributed by atoms with Gasteiger partial charge in [0.05, 0.1) is 0 Å². The number of benzene rings is 1. The summed E-state index contributed by atoms with van der Waals surface area (Å²) in [6.45, 7) is 0.213. The Balaban J connectivity index is 1.30. The molecule has 3 aromatic rings. The zero-order valence-electron chi connectivity index (χ0n) is 17.5. The molecular weight excluding hydrogens is 395 g/mol. The fraction of sp³-hybridized carbons (Fsp3) is 0.478. The van der Waals surface area contributed by atoms with Crippen molar-refractivity contribution in [2.24, 2.45) is 0 Å². The zero-order valence-corrected chi connectivity index (χ0v) is 17.5. The molecule has 2 aliphatic rings. The lowest BCUT2D eigenvalue weighted by Crippen LogP contribution is -2.24. The molecule has 0 unspecified atom stereocenters. The Morgan fingerprint density at radius 2 is 1.84 bits per heavy atom. The number of hydrogen-bond donors (Lipinski definition) is 3. The maximum Gasteiger partial charge on any atom is 0.272 e. The lowest BCUT2D eigenvalue weighted by atomic mass is 10.1. The van der Waals surface area contributed by atoms with Gasteiger partial charge in [-0.15, -0.1) is 0 Å². The smallest absolute Gasteiger partial charge is 0.272 e. The largest absolute Gasteiger partial charge is 0.382 e. The molecule has 31 heavy (non-hydrogen) atoms. The number of H-pyrrole nitrogens is 1. The minimum absolute atomic E-state index is 0.213. The number of aromatic nitrogens is 4. The van der Waals surface area contributed by atoms with E-state index in [4.69, 9.17) is 0 Å². The zero-order chi connectivity index (χ0) is 21.2. The molecular formula is C23H27FN6O. The summed E-state index contributed by atoms with van der Waals surface area (Å²) in [7, 11) is 0. The third kappa shape index (κ3) is 4.38. The van der Waals surface area contributed by atoms with Gasteiger partial charge in [0.15, 0.2) is 11.3 Å². The molecule has 5 rings (SSSR count). The SMILES string of the molecule is O=C(NCc1cc(F)cc(NC2CCCC2)c1)c1ncnc2nc(C3CCCC3)[nH]c12. The van der Waals surface area contributed by atoms with Gasteiger partial charge >= 0.3 is 0 Å². The quantitative estimate of drug-likeness (QED) is 0.546. The van der Waals surface area contributed by atoms with E-state index in [1.807, 2.05) is 6.07 Å². The lowest BCUT2D eigenvalue weighted by Gasteiger charge is -2.15. The Hall–Kier alpha value is -3.03. The maximum atomic E-state index is 14.1. The molecule has 0 bridgehead atoms. The van der Waals surface area contributed by atoms with E-state index in [9.17, 15) is 9.18 Å². The number of fused-ring (bicyclic) bond motifs is 1. The van der Waals surface area contributed by atoms with Crippen LogP contribution in [0.2, 0.25) is 0 Å². The Labute approximate surface area is 180 Å². The lowest BCUT2D eigenvalue weighted by molar-refractivity contribution is 0.0947. The fourth-order valence-corrected chi connectivity index (χ4v) is 4.82. The summed E-state index contributed by atoms with van der Waals surface area (Å²) in [4.78, 5) is 29.1. The summed E-state index contributed by atoms with van der Waals surface area (Å²) in [6.07, 6.45) is 10.6. The maximum absolute atomic E-state index is 14.1. The number of nitrogens with zero attached hydrogens (tertiary/aromatic N) is 3. The predicted octanol–water partition coefficient (Wildman–Crippen LogP) is 4.43. The third-order valence-corrected chi connectivity index (χ3v) is 6.40. The van der Waals surface area contributed by atoms with Crippen molar-refractivity contribution in [2.45, 2.75) is 69.9 Å². The average molecular weight is 423 g/mol. The van der Waals surface area contributed by atoms with Gasteiger partial charge in [0, 0.05) is 24.2 Å². The summed E-state index contributed by atoms with van der Waals surface area (Å²) in [5.74, 6) is 0.632. The highest BCUT2D eigenvalue weighted by Gasteiger charge is 2.23. The number of aromatic amines is 1. The third-order valence-electron chi connectivity index (χ3n) is 6.40. The first-order chi connectivity index (χ1) is 15.2. The molecule has 2 saturated carbocycles. The van der Waals surface area contributed by atoms with Gasteiger partial charge in [0.2, 0.25) is 0 Å². The van der Waals surface area contributed by atoms with E-state index in [-0.39, 0.29) is 24.0 Å². The topological polar surface area (TPSA) is 95.6 Å². The minimum Gasteiger partial charge on any atom is -0.382 e. The molecule has 3 N–H and O–H groups in total. The van der Waals surface area contributed by atoms with Crippen molar-refractivity contribution in [1.29, 1.82) is 0 Å². The highest BCUT2D eigenvalue weighted by atomic mass is 19.1. The molecule has 0 saturated heterocycles. The van der Waals surface area contributed by atoms with E-state index in [2.05, 4.69) is 30.6 Å². The molecule has 2 heterocycles. The van der Waals surface area contributed by atoms with Gasteiger partial charge in [-0.1, -0.05) is 25.7 Å². The van der Waals surface area contributed by atoms with Gasteiger partial charge < -0.3 is 15.6 Å². The molecule has 1 aromatic carbocycles. The molecule has 0 aliphatic heterocycles. The van der Waals surface area contributed by atoms with Gasteiger partial charge in [0.25, 0.3) is 5.91 Å². The first kappa shape index (κ1) is 19.9. The van der Waals surface area contributed by atoms with Crippen LogP contribution in [0.1, 0.15) is 79.2 Å². The molecule has 2 fully saturated rings. The Kier molecular flexibility index (Phi) is 5.53. The predicted molar refractivity (Wildman–Crippen MR) is 116 cm³/mol. The second-order valence-corrected chi connectivity index (χ2v) is 8.68. The summed E-state index contributed by atoms with van der Waals surface area (Å²) in [6, 6.07) is 5.25. The molecule has 0 spiro atoms. The standard InChI is InChI=1S/C23H27FN6O/c24-16-9-14(10-18(11-16)28-17-7-3-4-8-17)12-25-23(31)20-19-22(27-13-26-20)30-21(29-19)15-5-1-2-6-15/h9-11,13,15,17,28H,1-8,12H2,(H,25,31)(H,26,27,29,30). The number of halogens is 1. The van der Waals surface area contributed by atoms with Crippen LogP contribution in [0, 0.1) is 5.82 Å². The van der Waals surface area contributed by atoms with Crippen LogP contribution in [-0.4, -0.2) is 31.9 Å². The molecule has 1 amide bonds. The van der Waals surface area contributed by atoms with E-state index >= 15 is 0 Å². The molecule has 2 aromatic heterocycles. The molecule has 2 aliphatic carbocycles. The average Bonchev–Trinajstić information content (AvgIpc) is 3.52. The normalized spacial score (nSPS) is 17.5. The van der Waals surface area contributed by atoms with Crippen LogP contribution in [0.25, 0.3) is 11.2 Å². The van der Waals surface area contributed by atoms with Crippen LogP contribution >= 0.6 is 0 Å². The number of hydrogen-bond acceptors (Lipinski definition) is 5. The summed E-state index contributed by atoms with van der Waals surface area (Å²) in [5.41, 5.74) is 2.80. The van der Waals surface area contributed by atoms with Crippen LogP contribution in [0.3, 0.4) is 0 Å². The van der Waals surface area contributed by atoms with Crippen LogP contribution in [0.5, 0.6) is 0 Å². The van der Waals surface area contributed by atoms with Crippen molar-refractivity contribution in [3.8, 4) is 0 Å². The first-order valence-corrected chi connectivity index (χ1v) is 11.2. The number of rotatable bonds is 6. The highest BCUT2D eigenvalue weighted by molar-refractivity contribution is 6.02. The van der Waals surface area contributed by atoms with Crippen molar-refractivity contribution in [1.82, 2.24) is 25.3 Å². The number of amides is 1. The van der Waals surface area contributed by atoms with E-state index in [0.29, 0.717) is 28.7 Å². The Morgan fingerprint density at radius 3 is 2.65 bits per heavy atom. The number of imidazole rings is 1. The van der Waals surface area contributed by atoms with E-state index in [1.54, 1.807) is 0 Å². The number of carbonyl (C=O) groups is 1. The fourth-order valence-electron chi connectivity index (χ4n) is 4.82. The van der Waals surface area contributed by atoms with E-state index < -0.39 is 0 Å². The second kappa shape index (κ2) is 8.61. The highest BCUT2D eigenvalue weighted by Crippen LogP contribution is 2.33. The number of nitrogens with one attached hydrogen (secondary N) is 3. The van der Waals surface area contributed by atoms with E-state index in [1.165, 1.54) is 44.1 Å². The monoisotopic (exact) mass is 422 g/mol. The van der Waals surface area contributed by atoms with Gasteiger partial charge in [-0.2, -0.15) is 0 Å². The van der Waals surface area contributed by atoms with Crippen molar-refractivity contribution >= 4 is 22.8 Å². The molecule has 0 radical (unpaired) electrons. The first-order valence-electron chi connectivity index (χ1n) is 11.2. The summed E-state index contributed by atoms with van der Waals surface area (Å²) >= 11 is 0. The summed E-state index contributed by atoms with van der Waals surface area (Å²) < 4.78 is 14.1. The van der Waals surface area contributed by atoms with Crippen molar-refractivity contribution < 1.29 is 9.18 Å². The second-order valence-electron chi connectivity index (χ2n) is 8.68. The van der Waals surface area contributed by atoms with Crippen LogP contribution in [-0.2, 0) is 6.54 Å². The van der Waals surface area contributed by atoms with Crippen LogP contribution in [0.4, 0.5) is 10.1 Å². The van der Waals surface area contributed by atoms with Crippen LogP contribution < -0.4 is 10.6 Å². The van der Waals surface area contributed by atoms with Gasteiger partial charge in [-0.05, 0) is 49.4 Å². The minimum atomic E-state index is -0.330. The van der Waals surface area contributed by atoms with Gasteiger partial charge in [-0.25, -0.2) is 19.3 Å². The number of carbonyl (C=O) groups excluding carboxylic acids is 1. The Bertz CT molecular complexity index is 1080. The van der Waals surface area contributed by atoms with Crippen molar-refractivity contribution in [3.63, 3.8) is 0 Å². The van der Waals surface area contributed by atoms with E-state index in [0.717, 1.165) is 37.2 Å². The van der Waals surface area contributed by atoms with Gasteiger partial charge in [0.1, 0.15) is 23.5 Å². The number of anilines is 1. The van der Waals surface area contributed by atoms with Crippen molar-refractivity contribution in [3.05, 3.63) is 47.4 Å². The molecule has 162 valence electrons.